The Morgan fingerprint density at radius 1 is 0.449 bits per heavy atom. The maximum Gasteiger partial charge on any atom is 0.335 e. The van der Waals surface area contributed by atoms with Gasteiger partial charge in [0.2, 0.25) is 65.0 Å². The molecular weight excluding hydrogens is 1040 g/mol. The molecule has 0 aromatic heterocycles. The smallest absolute Gasteiger partial charge is 0.335 e. The van der Waals surface area contributed by atoms with Crippen LogP contribution >= 0.6 is 0 Å². The number of hydrogen-bond acceptors (Lipinski definition) is 19. The van der Waals surface area contributed by atoms with E-state index < -0.39 is 190 Å². The maximum absolute atomic E-state index is 13.9. The number of aliphatic hydroxyl groups excluding tert-OH is 4. The second-order valence-corrected chi connectivity index (χ2v) is 18.2. The zero-order valence-electron chi connectivity index (χ0n) is 44.0. The summed E-state index contributed by atoms with van der Waals surface area (Å²) in [4.78, 5) is 165. The summed E-state index contributed by atoms with van der Waals surface area (Å²) in [5, 5.41) is 95.0. The van der Waals surface area contributed by atoms with E-state index >= 15 is 0 Å². The molecule has 0 aliphatic rings. The Kier molecular flexibility index (Phi) is 34.9. The van der Waals surface area contributed by atoms with Crippen molar-refractivity contribution in [2.45, 2.75) is 184 Å². The largest absolute Gasteiger partial charge is 0.480 e. The van der Waals surface area contributed by atoms with Gasteiger partial charge in [0.15, 0.2) is 6.10 Å². The van der Waals surface area contributed by atoms with Gasteiger partial charge in [0.25, 0.3) is 0 Å². The highest BCUT2D eigenvalue weighted by Crippen LogP contribution is 2.13. The van der Waals surface area contributed by atoms with Gasteiger partial charge in [-0.1, -0.05) is 51.9 Å². The summed E-state index contributed by atoms with van der Waals surface area (Å²) in [6.07, 6.45) is -1.65. The number of nitrogens with two attached hydrogens (primary N) is 2. The van der Waals surface area contributed by atoms with Crippen molar-refractivity contribution >= 4 is 76.9 Å². The van der Waals surface area contributed by atoms with E-state index in [1.807, 2.05) is 5.32 Å². The summed E-state index contributed by atoms with van der Waals surface area (Å²) < 4.78 is 0. The van der Waals surface area contributed by atoms with Gasteiger partial charge in [-0.05, 0) is 44.9 Å². The Morgan fingerprint density at radius 3 is 1.19 bits per heavy atom. The van der Waals surface area contributed by atoms with Crippen molar-refractivity contribution in [3.05, 3.63) is 0 Å². The molecule has 0 spiro atoms. The highest BCUT2D eigenvalue weighted by Gasteiger charge is 2.38. The van der Waals surface area contributed by atoms with Crippen LogP contribution in [0.4, 0.5) is 0 Å². The van der Waals surface area contributed by atoms with Crippen molar-refractivity contribution < 1.29 is 103 Å². The second-order valence-electron chi connectivity index (χ2n) is 18.2. The van der Waals surface area contributed by atoms with E-state index in [0.717, 1.165) is 52.4 Å². The Bertz CT molecular complexity index is 2030. The van der Waals surface area contributed by atoms with Crippen LogP contribution in [-0.2, 0) is 62.3 Å². The van der Waals surface area contributed by atoms with Gasteiger partial charge < -0.3 is 79.3 Å². The van der Waals surface area contributed by atoms with Crippen LogP contribution in [0.1, 0.15) is 130 Å². The fraction of sp³-hybridized carbons (Fsp3) is 0.717. The lowest BCUT2D eigenvalue weighted by atomic mass is 10.0. The number of carbonyl (C=O) groups excluding carboxylic acids is 11. The number of hydroxylamine groups is 4. The number of carboxylic acids is 2. The number of aliphatic carboxylic acids is 2. The minimum Gasteiger partial charge on any atom is -0.480 e. The van der Waals surface area contributed by atoms with Gasteiger partial charge in [-0.3, -0.25) is 63.2 Å². The number of nitrogens with one attached hydrogen (secondary N) is 7. The van der Waals surface area contributed by atoms with E-state index in [4.69, 9.17) is 11.5 Å². The number of primary amides is 2. The number of hydrogen-bond donors (Lipinski definition) is 17. The summed E-state index contributed by atoms with van der Waals surface area (Å²) >= 11 is 0. The molecule has 0 aromatic carbocycles. The van der Waals surface area contributed by atoms with E-state index in [-0.39, 0.29) is 37.3 Å². The molecular formula is C46H79N11O21. The van der Waals surface area contributed by atoms with Gasteiger partial charge in [0, 0.05) is 39.8 Å². The van der Waals surface area contributed by atoms with E-state index in [1.165, 1.54) is 0 Å². The highest BCUT2D eigenvalue weighted by atomic mass is 16.5. The Labute approximate surface area is 449 Å². The molecule has 2 unspecified atom stereocenters. The van der Waals surface area contributed by atoms with Crippen LogP contribution in [0.3, 0.4) is 0 Å². The quantitative estimate of drug-likeness (QED) is 0.0154. The lowest BCUT2D eigenvalue weighted by Crippen LogP contribution is -2.62. The summed E-state index contributed by atoms with van der Waals surface area (Å²) in [7, 11) is 0. The fourth-order valence-electron chi connectivity index (χ4n) is 7.17. The minimum absolute atomic E-state index is 0.133. The standard InChI is InChI=1S/C46H79N11O21/c1-4-5-6-7-8-9-10-13-27(62)22-36(65)55-37(38(66)46(75)76)44(72)51-30(17-19-35(48)64)41(69)54-32(23-58)42(70)50-29(16-18-34(47)63)40(68)49-28(14-11-20-56(77)25(2)60)39(67)53-33(24-59)43(71)52-31(45(73)74)15-12-21-57(78)26(3)61/h27-33,37-38,58-59,62,66,77-78H,4-24H2,1-3H3,(H2,47,63)(H2,48,64)(H,49,68)(H,50,70)(H,51,72)(H,52,71)(H,53,67)(H,54,69)(H,55,65)(H,73,74)(H,75,76)/t27?,28-,29-,30-,31-,32-,33-,37-,38?/m0/s1. The van der Waals surface area contributed by atoms with Crippen molar-refractivity contribution in [3.63, 3.8) is 0 Å². The molecule has 0 heterocycles. The van der Waals surface area contributed by atoms with Gasteiger partial charge in [-0.2, -0.15) is 0 Å². The third-order valence-electron chi connectivity index (χ3n) is 11.7. The molecule has 0 aromatic rings. The molecule has 78 heavy (non-hydrogen) atoms. The number of unbranched alkanes of at least 4 members (excludes halogenated alkanes) is 6. The van der Waals surface area contributed by atoms with Crippen LogP contribution in [-0.4, -0.2) is 209 Å². The Morgan fingerprint density at radius 2 is 0.808 bits per heavy atom. The number of aliphatic hydroxyl groups is 4. The van der Waals surface area contributed by atoms with Gasteiger partial charge in [-0.15, -0.1) is 0 Å². The predicted molar refractivity (Wildman–Crippen MR) is 266 cm³/mol. The van der Waals surface area contributed by atoms with E-state index in [9.17, 15) is 103 Å². The van der Waals surface area contributed by atoms with Crippen LogP contribution in [0.25, 0.3) is 0 Å². The molecule has 444 valence electrons. The lowest BCUT2D eigenvalue weighted by molar-refractivity contribution is -0.163. The lowest BCUT2D eigenvalue weighted by Gasteiger charge is -2.27. The molecule has 19 N–H and O–H groups in total. The van der Waals surface area contributed by atoms with Crippen LogP contribution in [0.2, 0.25) is 0 Å². The summed E-state index contributed by atoms with van der Waals surface area (Å²) in [6.45, 7) is 0.928. The van der Waals surface area contributed by atoms with Gasteiger partial charge >= 0.3 is 11.9 Å². The molecule has 0 aliphatic heterocycles. The minimum atomic E-state index is -2.63. The molecule has 0 fully saturated rings. The summed E-state index contributed by atoms with van der Waals surface area (Å²) in [5.41, 5.74) is 10.5. The molecule has 0 radical (unpaired) electrons. The summed E-state index contributed by atoms with van der Waals surface area (Å²) in [5.74, 6) is -16.3. The third-order valence-corrected chi connectivity index (χ3v) is 11.7. The first-order valence-electron chi connectivity index (χ1n) is 25.3. The normalized spacial score (nSPS) is 14.4. The molecule has 0 saturated heterocycles. The van der Waals surface area contributed by atoms with Crippen molar-refractivity contribution in [3.8, 4) is 0 Å². The van der Waals surface area contributed by atoms with Gasteiger partial charge in [-0.25, -0.2) is 19.7 Å². The van der Waals surface area contributed by atoms with Crippen molar-refractivity contribution in [1.82, 2.24) is 47.3 Å². The zero-order valence-corrected chi connectivity index (χ0v) is 44.0. The van der Waals surface area contributed by atoms with E-state index in [0.29, 0.717) is 11.5 Å². The van der Waals surface area contributed by atoms with Crippen LogP contribution in [0.5, 0.6) is 0 Å². The summed E-state index contributed by atoms with van der Waals surface area (Å²) in [6, 6.07) is -13.5. The molecule has 0 aliphatic carbocycles. The first-order chi connectivity index (χ1) is 36.6. The predicted octanol–water partition coefficient (Wildman–Crippen LogP) is -5.65. The molecule has 0 saturated carbocycles. The highest BCUT2D eigenvalue weighted by molar-refractivity contribution is 5.98. The molecule has 9 atom stereocenters. The molecule has 0 bridgehead atoms. The average Bonchev–Trinajstić information content (AvgIpc) is 3.36. The number of nitrogens with zero attached hydrogens (tertiary/aromatic N) is 2. The first kappa shape index (κ1) is 70.9. The number of amides is 11. The fourth-order valence-corrected chi connectivity index (χ4v) is 7.17. The first-order valence-corrected chi connectivity index (χ1v) is 25.3. The maximum atomic E-state index is 13.9. The van der Waals surface area contributed by atoms with E-state index in [2.05, 4.69) is 38.8 Å². The number of rotatable bonds is 42. The molecule has 11 amide bonds. The average molecular weight is 1120 g/mol. The monoisotopic (exact) mass is 1120 g/mol. The van der Waals surface area contributed by atoms with Crippen molar-refractivity contribution in [2.75, 3.05) is 26.3 Å². The van der Waals surface area contributed by atoms with Crippen LogP contribution < -0.4 is 48.7 Å². The van der Waals surface area contributed by atoms with Crippen molar-refractivity contribution in [1.29, 1.82) is 0 Å². The SMILES string of the molecule is CCCCCCCCCC(O)CC(=O)N[C@H](C(=O)N[C@@H](CCC(N)=O)C(=O)N[C@@H](CO)C(=O)N[C@@H](CCC(N)=O)C(=O)N[C@@H](CCCN(O)C(C)=O)C(=O)N[C@@H](CO)C(=O)N[C@@H](CCCN(O)C(C)=O)C(=O)O)C(O)C(=O)O. The third kappa shape index (κ3) is 29.4. The molecule has 32 nitrogen and oxygen atoms in total. The molecule has 0 rings (SSSR count). The van der Waals surface area contributed by atoms with Crippen LogP contribution in [0.15, 0.2) is 0 Å². The number of carbonyl (C=O) groups is 13. The van der Waals surface area contributed by atoms with Crippen LogP contribution in [0, 0.1) is 0 Å². The Hall–Kier alpha value is -7.13. The molecule has 32 heteroatoms. The zero-order chi connectivity index (χ0) is 59.7. The Balaban J connectivity index is 6.51. The topological polar surface area (TPSA) is 526 Å². The number of carboxylic acid groups (broad SMARTS) is 2. The second kappa shape index (κ2) is 38.4. The van der Waals surface area contributed by atoms with Gasteiger partial charge in [0.05, 0.1) is 25.7 Å². The van der Waals surface area contributed by atoms with Crippen molar-refractivity contribution in [2.24, 2.45) is 11.5 Å². The van der Waals surface area contributed by atoms with Gasteiger partial charge in [0.1, 0.15) is 42.3 Å². The van der Waals surface area contributed by atoms with E-state index in [1.54, 1.807) is 0 Å².